The highest BCUT2D eigenvalue weighted by Gasteiger charge is 2.42. The number of hydrogen-bond acceptors (Lipinski definition) is 6. The molecule has 0 saturated carbocycles. The van der Waals surface area contributed by atoms with E-state index in [1.807, 2.05) is 42.8 Å². The first-order valence-electron chi connectivity index (χ1n) is 19.6. The number of hydrogen-bond donors (Lipinski definition) is 1. The maximum absolute atomic E-state index is 11.0. The van der Waals surface area contributed by atoms with Crippen LogP contribution in [0.5, 0.6) is 0 Å². The summed E-state index contributed by atoms with van der Waals surface area (Å²) in [4.78, 5) is 10.2. The summed E-state index contributed by atoms with van der Waals surface area (Å²) in [7, 11) is 0. The van der Waals surface area contributed by atoms with Gasteiger partial charge in [0.15, 0.2) is 11.5 Å². The van der Waals surface area contributed by atoms with Gasteiger partial charge in [0.2, 0.25) is 0 Å². The number of pyridine rings is 1. The summed E-state index contributed by atoms with van der Waals surface area (Å²) in [6.45, 7) is 8.28. The number of aromatic nitrogens is 7. The zero-order chi connectivity index (χ0) is 38.4. The molecule has 0 unspecified atom stereocenters. The van der Waals surface area contributed by atoms with Crippen LogP contribution < -0.4 is 0 Å². The van der Waals surface area contributed by atoms with Gasteiger partial charge in [0.1, 0.15) is 16.9 Å². The van der Waals surface area contributed by atoms with Gasteiger partial charge in [-0.25, -0.2) is 14.6 Å². The molecule has 278 valence electrons. The normalized spacial score (nSPS) is 14.7. The molecule has 8 heteroatoms. The van der Waals surface area contributed by atoms with Crippen molar-refractivity contribution in [2.45, 2.75) is 64.6 Å². The molecule has 0 amide bonds. The van der Waals surface area contributed by atoms with E-state index in [4.69, 9.17) is 20.3 Å². The summed E-state index contributed by atoms with van der Waals surface area (Å²) in [5.41, 5.74) is 11.6. The zero-order valence-electron chi connectivity index (χ0n) is 32.2. The van der Waals surface area contributed by atoms with Crippen molar-refractivity contribution in [1.82, 2.24) is 34.7 Å². The number of imidazole rings is 1. The molecule has 5 aromatic carbocycles. The Morgan fingerprint density at radius 1 is 0.750 bits per heavy atom. The van der Waals surface area contributed by atoms with E-state index < -0.39 is 11.6 Å². The Balaban J connectivity index is 1.17. The number of fused-ring (bicyclic) bond motifs is 2. The Bertz CT molecular complexity index is 2550. The second-order valence-electron chi connectivity index (χ2n) is 15.2. The molecule has 1 aliphatic carbocycles. The van der Waals surface area contributed by atoms with E-state index in [-0.39, 0.29) is 12.0 Å². The van der Waals surface area contributed by atoms with E-state index in [0.717, 1.165) is 75.2 Å². The maximum atomic E-state index is 11.0. The van der Waals surface area contributed by atoms with Gasteiger partial charge in [0.25, 0.3) is 0 Å². The van der Waals surface area contributed by atoms with Crippen LogP contribution in [-0.4, -0.2) is 39.8 Å². The topological polar surface area (TPSA) is 94.5 Å². The molecule has 8 nitrogen and oxygen atoms in total. The fourth-order valence-electron chi connectivity index (χ4n) is 8.80. The number of rotatable bonds is 10. The minimum Gasteiger partial charge on any atom is -0.387 e. The fourth-order valence-corrected chi connectivity index (χ4v) is 8.80. The molecule has 0 aliphatic heterocycles. The summed E-state index contributed by atoms with van der Waals surface area (Å²) in [6, 6.07) is 49.0. The highest BCUT2D eigenvalue weighted by atomic mass is 16.3. The molecule has 1 aliphatic rings. The van der Waals surface area contributed by atoms with Crippen LogP contribution in [0.25, 0.3) is 33.7 Å². The largest absolute Gasteiger partial charge is 0.387 e. The molecule has 56 heavy (non-hydrogen) atoms. The third kappa shape index (κ3) is 5.75. The lowest BCUT2D eigenvalue weighted by Gasteiger charge is -2.36. The van der Waals surface area contributed by atoms with Crippen LogP contribution in [0, 0.1) is 12.8 Å². The first kappa shape index (κ1) is 35.5. The third-order valence-corrected chi connectivity index (χ3v) is 11.5. The quantitative estimate of drug-likeness (QED) is 0.141. The van der Waals surface area contributed by atoms with Crippen LogP contribution in [-0.2, 0) is 18.4 Å². The minimum atomic E-state index is -0.858. The van der Waals surface area contributed by atoms with Crippen LogP contribution in [0.1, 0.15) is 84.2 Å². The summed E-state index contributed by atoms with van der Waals surface area (Å²) in [5.74, 6) is 1.75. The maximum Gasteiger partial charge on any atom is 0.184 e. The molecule has 3 aromatic heterocycles. The molecular weight excluding hydrogens is 691 g/mol. The number of aryl methyl sites for hydroxylation is 3. The number of benzene rings is 5. The third-order valence-electron chi connectivity index (χ3n) is 11.5. The number of aliphatic hydroxyl groups is 1. The predicted molar refractivity (Wildman–Crippen MR) is 221 cm³/mol. The molecule has 9 rings (SSSR count). The van der Waals surface area contributed by atoms with Crippen molar-refractivity contribution < 1.29 is 5.11 Å². The average Bonchev–Trinajstić information content (AvgIpc) is 3.99. The lowest BCUT2D eigenvalue weighted by atomic mass is 9.77. The van der Waals surface area contributed by atoms with Gasteiger partial charge in [-0.1, -0.05) is 154 Å². The summed E-state index contributed by atoms with van der Waals surface area (Å²) in [6.07, 6.45) is 2.04. The first-order valence-corrected chi connectivity index (χ1v) is 19.6. The molecule has 8 aromatic rings. The second kappa shape index (κ2) is 14.4. The van der Waals surface area contributed by atoms with Gasteiger partial charge in [0, 0.05) is 12.0 Å². The van der Waals surface area contributed by atoms with Crippen LogP contribution in [0.4, 0.5) is 0 Å². The smallest absolute Gasteiger partial charge is 0.184 e. The van der Waals surface area contributed by atoms with Gasteiger partial charge < -0.3 is 9.67 Å². The SMILES string of the molecule is CCc1nc2c(C)cc([C@@H](O)C(C)C)nc2n1[C@H]1CCc2cc(-c3ccccc3-c3nnnn3C(c3ccccc3)(c3ccccc3)c3ccccc3)ccc21. The van der Waals surface area contributed by atoms with Crippen molar-refractivity contribution in [3.63, 3.8) is 0 Å². The van der Waals surface area contributed by atoms with Crippen molar-refractivity contribution in [3.8, 4) is 22.5 Å². The minimum absolute atomic E-state index is 0.0610. The van der Waals surface area contributed by atoms with Crippen molar-refractivity contribution in [2.75, 3.05) is 0 Å². The van der Waals surface area contributed by atoms with Crippen molar-refractivity contribution in [2.24, 2.45) is 5.92 Å². The molecule has 3 heterocycles. The summed E-state index contributed by atoms with van der Waals surface area (Å²) >= 11 is 0. The Labute approximate surface area is 327 Å². The standard InChI is InChI=1S/C48H45N7O/c1-5-43-50-44-32(4)29-41(45(56)31(2)3)49-47(44)54(43)42-28-26-34-30-33(25-27-39(34)42)38-23-15-16-24-40(38)46-51-52-53-55(46)48(35-17-9-6-10-18-35,36-19-11-7-12-20-36)37-21-13-8-14-22-37/h6-25,27,29-31,42,45,56H,5,26,28H2,1-4H3/t42-,45-/m0/s1. The Hall–Kier alpha value is -6.25. The number of aliphatic hydroxyl groups excluding tert-OH is 1. The van der Waals surface area contributed by atoms with Gasteiger partial charge in [-0.2, -0.15) is 0 Å². The number of nitrogens with zero attached hydrogens (tertiary/aromatic N) is 7. The highest BCUT2D eigenvalue weighted by molar-refractivity contribution is 5.82. The van der Waals surface area contributed by atoms with E-state index >= 15 is 0 Å². The lowest BCUT2D eigenvalue weighted by Crippen LogP contribution is -2.39. The van der Waals surface area contributed by atoms with Gasteiger partial charge in [-0.15, -0.1) is 5.10 Å². The van der Waals surface area contributed by atoms with Crippen LogP contribution in [0.2, 0.25) is 0 Å². The van der Waals surface area contributed by atoms with E-state index in [2.05, 4.69) is 139 Å². The summed E-state index contributed by atoms with van der Waals surface area (Å²) in [5, 5.41) is 25.0. The summed E-state index contributed by atoms with van der Waals surface area (Å²) < 4.78 is 4.34. The monoisotopic (exact) mass is 735 g/mol. The molecule has 1 N–H and O–H groups in total. The first-order chi connectivity index (χ1) is 27.4. The molecule has 2 atom stereocenters. The Morgan fingerprint density at radius 2 is 1.36 bits per heavy atom. The van der Waals surface area contributed by atoms with E-state index in [1.165, 1.54) is 11.1 Å². The Kier molecular flexibility index (Phi) is 9.14. The van der Waals surface area contributed by atoms with E-state index in [9.17, 15) is 5.11 Å². The molecular formula is C48H45N7O. The molecule has 0 spiro atoms. The fraction of sp³-hybridized carbons (Fsp3) is 0.229. The van der Waals surface area contributed by atoms with Crippen LogP contribution >= 0.6 is 0 Å². The van der Waals surface area contributed by atoms with Crippen LogP contribution in [0.15, 0.2) is 140 Å². The molecule has 0 saturated heterocycles. The van der Waals surface area contributed by atoms with E-state index in [0.29, 0.717) is 11.5 Å². The van der Waals surface area contributed by atoms with Gasteiger partial charge in [0.05, 0.1) is 17.8 Å². The average molecular weight is 736 g/mol. The van der Waals surface area contributed by atoms with Crippen molar-refractivity contribution >= 4 is 11.2 Å². The van der Waals surface area contributed by atoms with Gasteiger partial charge >= 0.3 is 0 Å². The Morgan fingerprint density at radius 3 is 1.96 bits per heavy atom. The molecule has 0 fully saturated rings. The lowest BCUT2D eigenvalue weighted by molar-refractivity contribution is 0.122. The predicted octanol–water partition coefficient (Wildman–Crippen LogP) is 9.69. The molecule has 0 bridgehead atoms. The van der Waals surface area contributed by atoms with Crippen molar-refractivity contribution in [3.05, 3.63) is 184 Å². The number of tetrazole rings is 1. The molecule has 0 radical (unpaired) electrons. The van der Waals surface area contributed by atoms with Gasteiger partial charge in [-0.3, -0.25) is 0 Å². The van der Waals surface area contributed by atoms with Crippen LogP contribution in [0.3, 0.4) is 0 Å². The zero-order valence-corrected chi connectivity index (χ0v) is 32.2. The van der Waals surface area contributed by atoms with Gasteiger partial charge in [-0.05, 0) is 86.7 Å². The van der Waals surface area contributed by atoms with E-state index in [1.54, 1.807) is 0 Å². The van der Waals surface area contributed by atoms with Crippen molar-refractivity contribution in [1.29, 1.82) is 0 Å². The highest BCUT2D eigenvalue weighted by Crippen LogP contribution is 2.45. The second-order valence-corrected chi connectivity index (χ2v) is 15.2.